The minimum atomic E-state index is -0.0202. The van der Waals surface area contributed by atoms with Gasteiger partial charge in [-0.1, -0.05) is 18.9 Å². The molecule has 0 saturated heterocycles. The first-order chi connectivity index (χ1) is 7.77. The minimum Gasteiger partial charge on any atom is -0.328 e. The van der Waals surface area contributed by atoms with Crippen LogP contribution in [0.4, 0.5) is 0 Å². The van der Waals surface area contributed by atoms with Crippen LogP contribution in [-0.4, -0.2) is 23.9 Å². The number of hydrogen-bond donors (Lipinski definition) is 0. The molecule has 1 aromatic heterocycles. The first kappa shape index (κ1) is 12.5. The second kappa shape index (κ2) is 6.86. The third kappa shape index (κ3) is 3.92. The van der Waals surface area contributed by atoms with Gasteiger partial charge in [0.15, 0.2) is 0 Å². The maximum absolute atomic E-state index is 11.8. The third-order valence-corrected chi connectivity index (χ3v) is 2.86. The molecule has 0 atom stereocenters. The van der Waals surface area contributed by atoms with E-state index in [9.17, 15) is 4.79 Å². The van der Waals surface area contributed by atoms with E-state index in [1.165, 1.54) is 0 Å². The van der Waals surface area contributed by atoms with Crippen molar-refractivity contribution in [2.75, 3.05) is 13.1 Å². The first-order valence-corrected chi connectivity index (χ1v) is 6.10. The zero-order chi connectivity index (χ0) is 11.8. The molecule has 0 aromatic carbocycles. The molecule has 0 spiro atoms. The molecule has 0 aliphatic heterocycles. The molecule has 0 aliphatic rings. The van der Waals surface area contributed by atoms with Crippen LogP contribution in [0.15, 0.2) is 23.6 Å². The van der Waals surface area contributed by atoms with Gasteiger partial charge >= 0.3 is 0 Å². The topological polar surface area (TPSA) is 20.3 Å². The van der Waals surface area contributed by atoms with E-state index in [2.05, 4.69) is 5.92 Å². The molecule has 1 rings (SSSR count). The summed E-state index contributed by atoms with van der Waals surface area (Å²) < 4.78 is 0. The van der Waals surface area contributed by atoms with Crippen LogP contribution >= 0.6 is 11.3 Å². The normalized spacial score (nSPS) is 10.2. The molecule has 0 unspecified atom stereocenters. The summed E-state index contributed by atoms with van der Waals surface area (Å²) in [5.74, 6) is 2.48. The van der Waals surface area contributed by atoms with Gasteiger partial charge in [-0.05, 0) is 23.9 Å². The van der Waals surface area contributed by atoms with Crippen LogP contribution in [0.3, 0.4) is 0 Å². The summed E-state index contributed by atoms with van der Waals surface area (Å²) in [6, 6.07) is 3.93. The van der Waals surface area contributed by atoms with E-state index in [4.69, 9.17) is 6.42 Å². The molecule has 0 bridgehead atoms. The average molecular weight is 233 g/mol. The van der Waals surface area contributed by atoms with Crippen molar-refractivity contribution in [3.63, 3.8) is 0 Å². The fourth-order valence-electron chi connectivity index (χ4n) is 1.29. The smallest absolute Gasteiger partial charge is 0.247 e. The number of hydrogen-bond acceptors (Lipinski definition) is 2. The summed E-state index contributed by atoms with van der Waals surface area (Å²) in [5.41, 5.74) is 0. The Kier molecular flexibility index (Phi) is 5.38. The lowest BCUT2D eigenvalue weighted by molar-refractivity contribution is -0.125. The molecule has 0 fully saturated rings. The Labute approximate surface area is 101 Å². The van der Waals surface area contributed by atoms with Gasteiger partial charge in [-0.15, -0.1) is 17.8 Å². The predicted molar refractivity (Wildman–Crippen MR) is 69.1 cm³/mol. The number of amides is 1. The molecule has 0 saturated carbocycles. The van der Waals surface area contributed by atoms with E-state index in [-0.39, 0.29) is 5.91 Å². The van der Waals surface area contributed by atoms with Crippen molar-refractivity contribution in [3.8, 4) is 12.3 Å². The average Bonchev–Trinajstić information content (AvgIpc) is 2.78. The van der Waals surface area contributed by atoms with Crippen molar-refractivity contribution in [2.24, 2.45) is 0 Å². The van der Waals surface area contributed by atoms with Crippen molar-refractivity contribution in [3.05, 3.63) is 28.5 Å². The fourth-order valence-corrected chi connectivity index (χ4v) is 1.91. The highest BCUT2D eigenvalue weighted by atomic mass is 32.1. The Balaban J connectivity index is 2.58. The largest absolute Gasteiger partial charge is 0.328 e. The van der Waals surface area contributed by atoms with E-state index >= 15 is 0 Å². The molecular formula is C13H15NOS. The van der Waals surface area contributed by atoms with Crippen LogP contribution in [0.1, 0.15) is 18.2 Å². The molecule has 0 aliphatic carbocycles. The fraction of sp³-hybridized carbons (Fsp3) is 0.308. The van der Waals surface area contributed by atoms with Crippen LogP contribution in [0.2, 0.25) is 0 Å². The molecular weight excluding hydrogens is 218 g/mol. The van der Waals surface area contributed by atoms with Gasteiger partial charge < -0.3 is 4.90 Å². The minimum absolute atomic E-state index is 0.0202. The van der Waals surface area contributed by atoms with Gasteiger partial charge in [0.1, 0.15) is 0 Å². The van der Waals surface area contributed by atoms with E-state index in [0.717, 1.165) is 11.3 Å². The van der Waals surface area contributed by atoms with E-state index in [0.29, 0.717) is 13.1 Å². The predicted octanol–water partition coefficient (Wildman–Crippen LogP) is 2.63. The standard InChI is InChI=1S/C13H15NOS/c1-3-9-14(10-4-2)13(15)8-7-12-6-5-11-16-12/h1,5-8,11H,4,9-10H2,2H3/b8-7+. The van der Waals surface area contributed by atoms with E-state index in [1.807, 2.05) is 30.5 Å². The van der Waals surface area contributed by atoms with Crippen LogP contribution in [0.25, 0.3) is 6.08 Å². The summed E-state index contributed by atoms with van der Waals surface area (Å²) in [6.07, 6.45) is 9.55. The summed E-state index contributed by atoms with van der Waals surface area (Å²) in [6.45, 7) is 3.11. The summed E-state index contributed by atoms with van der Waals surface area (Å²) >= 11 is 1.61. The Morgan fingerprint density at radius 3 is 3.06 bits per heavy atom. The van der Waals surface area contributed by atoms with Crippen LogP contribution < -0.4 is 0 Å². The van der Waals surface area contributed by atoms with Crippen LogP contribution in [0, 0.1) is 12.3 Å². The Morgan fingerprint density at radius 2 is 2.50 bits per heavy atom. The lowest BCUT2D eigenvalue weighted by Gasteiger charge is -2.16. The first-order valence-electron chi connectivity index (χ1n) is 5.22. The second-order valence-corrected chi connectivity index (χ2v) is 4.29. The molecule has 1 heterocycles. The molecule has 3 heteroatoms. The molecule has 84 valence electrons. The van der Waals surface area contributed by atoms with E-state index < -0.39 is 0 Å². The SMILES string of the molecule is C#CCN(CCC)C(=O)/C=C/c1cccs1. The van der Waals surface area contributed by atoms with Gasteiger partial charge in [-0.2, -0.15) is 0 Å². The maximum atomic E-state index is 11.8. The maximum Gasteiger partial charge on any atom is 0.247 e. The summed E-state index contributed by atoms with van der Waals surface area (Å²) in [7, 11) is 0. The molecule has 0 radical (unpaired) electrons. The third-order valence-electron chi connectivity index (χ3n) is 2.02. The number of rotatable bonds is 5. The van der Waals surface area contributed by atoms with Gasteiger partial charge in [0.2, 0.25) is 5.91 Å². The van der Waals surface area contributed by atoms with Crippen molar-refractivity contribution in [1.29, 1.82) is 0 Å². The Morgan fingerprint density at radius 1 is 1.69 bits per heavy atom. The van der Waals surface area contributed by atoms with E-state index in [1.54, 1.807) is 22.3 Å². The lowest BCUT2D eigenvalue weighted by Crippen LogP contribution is -2.30. The van der Waals surface area contributed by atoms with Gasteiger partial charge in [0, 0.05) is 17.5 Å². The van der Waals surface area contributed by atoms with Crippen molar-refractivity contribution < 1.29 is 4.79 Å². The number of carbonyl (C=O) groups excluding carboxylic acids is 1. The van der Waals surface area contributed by atoms with Gasteiger partial charge in [0.05, 0.1) is 6.54 Å². The van der Waals surface area contributed by atoms with Gasteiger partial charge in [-0.3, -0.25) is 4.79 Å². The number of nitrogens with zero attached hydrogens (tertiary/aromatic N) is 1. The molecule has 0 N–H and O–H groups in total. The summed E-state index contributed by atoms with van der Waals surface area (Å²) in [4.78, 5) is 14.5. The molecule has 2 nitrogen and oxygen atoms in total. The highest BCUT2D eigenvalue weighted by Gasteiger charge is 2.07. The van der Waals surface area contributed by atoms with Gasteiger partial charge in [-0.25, -0.2) is 0 Å². The zero-order valence-corrected chi connectivity index (χ0v) is 10.2. The monoisotopic (exact) mass is 233 g/mol. The highest BCUT2D eigenvalue weighted by Crippen LogP contribution is 2.10. The zero-order valence-electron chi connectivity index (χ0n) is 9.35. The molecule has 1 aromatic rings. The van der Waals surface area contributed by atoms with Crippen molar-refractivity contribution >= 4 is 23.3 Å². The van der Waals surface area contributed by atoms with Crippen molar-refractivity contribution in [2.45, 2.75) is 13.3 Å². The quantitative estimate of drug-likeness (QED) is 0.565. The highest BCUT2D eigenvalue weighted by molar-refractivity contribution is 7.10. The number of carbonyl (C=O) groups is 1. The van der Waals surface area contributed by atoms with Crippen LogP contribution in [-0.2, 0) is 4.79 Å². The second-order valence-electron chi connectivity index (χ2n) is 3.31. The molecule has 16 heavy (non-hydrogen) atoms. The lowest BCUT2D eigenvalue weighted by atomic mass is 10.3. The van der Waals surface area contributed by atoms with Crippen molar-refractivity contribution in [1.82, 2.24) is 4.90 Å². The Bertz CT molecular complexity index is 387. The Hall–Kier alpha value is -1.53. The van der Waals surface area contributed by atoms with Crippen LogP contribution in [0.5, 0.6) is 0 Å². The van der Waals surface area contributed by atoms with Gasteiger partial charge in [0.25, 0.3) is 0 Å². The molecule has 1 amide bonds. The number of thiophene rings is 1. The summed E-state index contributed by atoms with van der Waals surface area (Å²) in [5, 5.41) is 1.98. The number of terminal acetylenes is 1.